The highest BCUT2D eigenvalue weighted by molar-refractivity contribution is 4.48. The summed E-state index contributed by atoms with van der Waals surface area (Å²) in [5.41, 5.74) is 22.5. The predicted molar refractivity (Wildman–Crippen MR) is 63.9 cm³/mol. The van der Waals surface area contributed by atoms with Crippen LogP contribution in [0.1, 0.15) is 0 Å². The molecule has 0 fully saturated rings. The van der Waals surface area contributed by atoms with Gasteiger partial charge in [-0.3, -0.25) is 5.84 Å². The van der Waals surface area contributed by atoms with Gasteiger partial charge in [-0.2, -0.15) is 16.2 Å². The summed E-state index contributed by atoms with van der Waals surface area (Å²) in [6.45, 7) is 3.86. The molecule has 0 aliphatic carbocycles. The average molecular weight is 235 g/mol. The van der Waals surface area contributed by atoms with Gasteiger partial charge in [0.15, 0.2) is 0 Å². The third kappa shape index (κ3) is 10.2. The minimum Gasteiger partial charge on any atom is -0.329 e. The van der Waals surface area contributed by atoms with Gasteiger partial charge in [0.05, 0.1) is 0 Å². The minimum absolute atomic E-state index is 0.563. The van der Waals surface area contributed by atoms with Gasteiger partial charge in [-0.05, 0) is 0 Å². The largest absolute Gasteiger partial charge is 0.329 e. The molecule has 0 aliphatic heterocycles. The molecule has 0 saturated heterocycles. The van der Waals surface area contributed by atoms with Gasteiger partial charge in [0.25, 0.3) is 0 Å². The predicted octanol–water partition coefficient (Wildman–Crippen LogP) is -3.97. The first-order chi connectivity index (χ1) is 7.70. The molecule has 0 unspecified atom stereocenters. The molecule has 0 aliphatic rings. The molecule has 0 atom stereocenters. The van der Waals surface area contributed by atoms with Gasteiger partial charge in [-0.15, -0.1) is 0 Å². The molecular weight excluding hydrogens is 210 g/mol. The Kier molecular flexibility index (Phi) is 10.9. The van der Waals surface area contributed by atoms with Crippen molar-refractivity contribution < 1.29 is 0 Å². The van der Waals surface area contributed by atoms with Crippen LogP contribution in [-0.2, 0) is 0 Å². The van der Waals surface area contributed by atoms with Gasteiger partial charge >= 0.3 is 0 Å². The number of hydrogen-bond donors (Lipinski definition) is 7. The van der Waals surface area contributed by atoms with Crippen molar-refractivity contribution in [2.75, 3.05) is 46.3 Å². The minimum atomic E-state index is 0.563. The van der Waals surface area contributed by atoms with E-state index in [0.717, 1.165) is 0 Å². The molecule has 0 aromatic rings. The van der Waals surface area contributed by atoms with E-state index in [0.29, 0.717) is 39.3 Å². The van der Waals surface area contributed by atoms with Crippen LogP contribution in [0.5, 0.6) is 0 Å². The SMILES string of the molecule is CN(N)CCN(NNCCN)NNCCN. The van der Waals surface area contributed by atoms with Gasteiger partial charge in [-0.25, -0.2) is 15.9 Å². The third-order valence-corrected chi connectivity index (χ3v) is 1.64. The van der Waals surface area contributed by atoms with E-state index in [2.05, 4.69) is 21.9 Å². The topological polar surface area (TPSA) is 133 Å². The summed E-state index contributed by atoms with van der Waals surface area (Å²) in [7, 11) is 1.80. The number of likely N-dealkylation sites (N-methyl/N-ethyl adjacent to an activating group) is 1. The van der Waals surface area contributed by atoms with Crippen LogP contribution < -0.4 is 39.2 Å². The van der Waals surface area contributed by atoms with Crippen LogP contribution in [-0.4, -0.2) is 56.4 Å². The summed E-state index contributed by atoms with van der Waals surface area (Å²) in [5, 5.41) is 3.33. The lowest BCUT2D eigenvalue weighted by Gasteiger charge is -2.25. The maximum atomic E-state index is 5.52. The summed E-state index contributed by atoms with van der Waals surface area (Å²) in [6.07, 6.45) is 0. The summed E-state index contributed by atoms with van der Waals surface area (Å²) in [4.78, 5) is 0. The van der Waals surface area contributed by atoms with Gasteiger partial charge in [0.1, 0.15) is 0 Å². The molecule has 0 amide bonds. The number of hydrogen-bond acceptors (Lipinski definition) is 9. The third-order valence-electron chi connectivity index (χ3n) is 1.64. The molecule has 9 heteroatoms. The van der Waals surface area contributed by atoms with Crippen LogP contribution in [0.25, 0.3) is 0 Å². The van der Waals surface area contributed by atoms with Crippen molar-refractivity contribution in [3.8, 4) is 0 Å². The molecule has 0 aromatic carbocycles. The molecule has 0 radical (unpaired) electrons. The van der Waals surface area contributed by atoms with Crippen LogP contribution in [0.15, 0.2) is 0 Å². The van der Waals surface area contributed by atoms with E-state index in [1.54, 1.807) is 17.2 Å². The second kappa shape index (κ2) is 11.1. The lowest BCUT2D eigenvalue weighted by molar-refractivity contribution is 0.0528. The van der Waals surface area contributed by atoms with Gasteiger partial charge in [-0.1, -0.05) is 0 Å². The highest BCUT2D eigenvalue weighted by atomic mass is 15.9. The number of rotatable bonds is 11. The summed E-state index contributed by atoms with van der Waals surface area (Å²) >= 11 is 0. The Morgan fingerprint density at radius 3 is 1.81 bits per heavy atom. The Hall–Kier alpha value is -0.360. The lowest BCUT2D eigenvalue weighted by Crippen LogP contribution is -2.61. The van der Waals surface area contributed by atoms with Crippen molar-refractivity contribution in [2.45, 2.75) is 0 Å². The van der Waals surface area contributed by atoms with Crippen molar-refractivity contribution in [2.24, 2.45) is 17.3 Å². The molecule has 0 spiro atoms. The zero-order valence-corrected chi connectivity index (χ0v) is 9.87. The number of nitrogens with two attached hydrogens (primary N) is 3. The van der Waals surface area contributed by atoms with Gasteiger partial charge in [0, 0.05) is 46.3 Å². The smallest absolute Gasteiger partial charge is 0.0456 e. The molecule has 0 heterocycles. The molecule has 9 nitrogen and oxygen atoms in total. The van der Waals surface area contributed by atoms with Crippen LogP contribution in [0, 0.1) is 0 Å². The van der Waals surface area contributed by atoms with E-state index < -0.39 is 0 Å². The van der Waals surface area contributed by atoms with Crippen molar-refractivity contribution in [3.63, 3.8) is 0 Å². The number of hydrazine groups is 5. The van der Waals surface area contributed by atoms with Crippen LogP contribution in [0.4, 0.5) is 0 Å². The van der Waals surface area contributed by atoms with Crippen LogP contribution >= 0.6 is 0 Å². The van der Waals surface area contributed by atoms with Crippen LogP contribution in [0.2, 0.25) is 0 Å². The van der Waals surface area contributed by atoms with E-state index in [1.807, 2.05) is 0 Å². The normalized spacial score (nSPS) is 11.6. The zero-order chi connectivity index (χ0) is 12.2. The molecule has 0 aromatic heterocycles. The first kappa shape index (κ1) is 15.6. The second-order valence-electron chi connectivity index (χ2n) is 3.29. The molecule has 98 valence electrons. The number of nitrogens with zero attached hydrogens (tertiary/aromatic N) is 2. The van der Waals surface area contributed by atoms with E-state index in [-0.39, 0.29) is 0 Å². The fourth-order valence-corrected chi connectivity index (χ4v) is 0.844. The Balaban J connectivity index is 3.67. The van der Waals surface area contributed by atoms with Crippen molar-refractivity contribution in [3.05, 3.63) is 0 Å². The van der Waals surface area contributed by atoms with Crippen molar-refractivity contribution >= 4 is 0 Å². The van der Waals surface area contributed by atoms with Crippen molar-refractivity contribution in [1.29, 1.82) is 0 Å². The van der Waals surface area contributed by atoms with E-state index in [4.69, 9.17) is 17.3 Å². The lowest BCUT2D eigenvalue weighted by atomic mass is 10.6. The molecule has 0 saturated carbocycles. The summed E-state index contributed by atoms with van der Waals surface area (Å²) < 4.78 is 0. The average Bonchev–Trinajstić information content (AvgIpc) is 2.25. The Morgan fingerprint density at radius 1 is 0.938 bits per heavy atom. The standard InChI is InChI=1S/C7H25N9/c1-15(10)6-7-16(13-11-4-2-8)14-12-5-3-9/h11-14H,2-10H2,1H3. The molecule has 10 N–H and O–H groups in total. The molecule has 0 bridgehead atoms. The Bertz CT molecular complexity index is 132. The zero-order valence-electron chi connectivity index (χ0n) is 9.87. The van der Waals surface area contributed by atoms with E-state index in [1.165, 1.54) is 0 Å². The first-order valence-electron chi connectivity index (χ1n) is 5.31. The maximum absolute atomic E-state index is 5.52. The van der Waals surface area contributed by atoms with E-state index in [9.17, 15) is 0 Å². The Labute approximate surface area is 96.5 Å². The molecule has 0 rings (SSSR count). The summed E-state index contributed by atoms with van der Waals surface area (Å²) in [6, 6.07) is 0. The van der Waals surface area contributed by atoms with Gasteiger partial charge in [0.2, 0.25) is 0 Å². The highest BCUT2D eigenvalue weighted by Crippen LogP contribution is 1.74. The highest BCUT2D eigenvalue weighted by Gasteiger charge is 2.02. The van der Waals surface area contributed by atoms with Crippen LogP contribution in [0.3, 0.4) is 0 Å². The number of nitrogens with one attached hydrogen (secondary N) is 4. The second-order valence-corrected chi connectivity index (χ2v) is 3.29. The van der Waals surface area contributed by atoms with E-state index >= 15 is 0 Å². The van der Waals surface area contributed by atoms with Gasteiger partial charge < -0.3 is 11.5 Å². The monoisotopic (exact) mass is 235 g/mol. The fourth-order valence-electron chi connectivity index (χ4n) is 0.844. The molecule has 16 heavy (non-hydrogen) atoms. The Morgan fingerprint density at radius 2 is 1.44 bits per heavy atom. The summed E-state index contributed by atoms with van der Waals surface area (Å²) in [5.74, 6) is 5.52. The quantitative estimate of drug-likeness (QED) is 0.109. The maximum Gasteiger partial charge on any atom is 0.0456 e. The molecular formula is C7H25N9. The van der Waals surface area contributed by atoms with Crippen molar-refractivity contribution in [1.82, 2.24) is 32.0 Å². The first-order valence-corrected chi connectivity index (χ1v) is 5.31. The fraction of sp³-hybridized carbons (Fsp3) is 1.00.